The Labute approximate surface area is 131 Å². The maximum absolute atomic E-state index is 12.2. The van der Waals surface area contributed by atoms with Gasteiger partial charge in [-0.15, -0.1) is 0 Å². The van der Waals surface area contributed by atoms with Crippen molar-refractivity contribution >= 4 is 33.4 Å². The Bertz CT molecular complexity index is 481. The minimum absolute atomic E-state index is 0.0376. The van der Waals surface area contributed by atoms with Gasteiger partial charge in [-0.05, 0) is 28.9 Å². The van der Waals surface area contributed by atoms with Crippen LogP contribution in [0.2, 0.25) is 5.15 Å². The predicted molar refractivity (Wildman–Crippen MR) is 81.1 cm³/mol. The SMILES string of the molecule is CC(CN1CCOCC1)NC(=O)c1cc(Br)cnc1Cl. The lowest BCUT2D eigenvalue weighted by Crippen LogP contribution is -2.46. The van der Waals surface area contributed by atoms with Crippen LogP contribution in [0.25, 0.3) is 0 Å². The topological polar surface area (TPSA) is 54.5 Å². The number of carbonyl (C=O) groups excluding carboxylic acids is 1. The molecule has 1 aromatic rings. The van der Waals surface area contributed by atoms with Crippen molar-refractivity contribution < 1.29 is 9.53 Å². The highest BCUT2D eigenvalue weighted by atomic mass is 79.9. The summed E-state index contributed by atoms with van der Waals surface area (Å²) in [6.07, 6.45) is 1.57. The van der Waals surface area contributed by atoms with E-state index in [0.29, 0.717) is 5.56 Å². The number of nitrogens with zero attached hydrogens (tertiary/aromatic N) is 2. The van der Waals surface area contributed by atoms with Crippen molar-refractivity contribution in [3.63, 3.8) is 0 Å². The van der Waals surface area contributed by atoms with E-state index in [1.165, 1.54) is 0 Å². The number of halogens is 2. The molecular formula is C13H17BrClN3O2. The minimum Gasteiger partial charge on any atom is -0.379 e. The highest BCUT2D eigenvalue weighted by Crippen LogP contribution is 2.18. The van der Waals surface area contributed by atoms with E-state index in [1.807, 2.05) is 6.92 Å². The minimum atomic E-state index is -0.204. The van der Waals surface area contributed by atoms with Crippen LogP contribution >= 0.6 is 27.5 Å². The molecule has 20 heavy (non-hydrogen) atoms. The molecule has 1 unspecified atom stereocenters. The van der Waals surface area contributed by atoms with Gasteiger partial charge in [-0.25, -0.2) is 4.98 Å². The van der Waals surface area contributed by atoms with E-state index in [2.05, 4.69) is 31.1 Å². The molecule has 0 radical (unpaired) electrons. The number of hydrogen-bond donors (Lipinski definition) is 1. The molecule has 2 rings (SSSR count). The van der Waals surface area contributed by atoms with Crippen molar-refractivity contribution in [2.45, 2.75) is 13.0 Å². The van der Waals surface area contributed by atoms with Crippen molar-refractivity contribution in [1.82, 2.24) is 15.2 Å². The second kappa shape index (κ2) is 7.36. The van der Waals surface area contributed by atoms with Gasteiger partial charge in [0.15, 0.2) is 0 Å². The van der Waals surface area contributed by atoms with Crippen molar-refractivity contribution in [2.24, 2.45) is 0 Å². The van der Waals surface area contributed by atoms with Gasteiger partial charge in [-0.2, -0.15) is 0 Å². The molecule has 1 fully saturated rings. The Balaban J connectivity index is 1.91. The number of amides is 1. The fourth-order valence-corrected chi connectivity index (χ4v) is 2.62. The van der Waals surface area contributed by atoms with Crippen LogP contribution in [0.3, 0.4) is 0 Å². The van der Waals surface area contributed by atoms with Crippen LogP contribution in [0.5, 0.6) is 0 Å². The molecule has 0 bridgehead atoms. The Morgan fingerprint density at radius 2 is 2.30 bits per heavy atom. The lowest BCUT2D eigenvalue weighted by Gasteiger charge is -2.29. The van der Waals surface area contributed by atoms with Gasteiger partial charge in [0, 0.05) is 36.3 Å². The molecule has 1 N–H and O–H groups in total. The van der Waals surface area contributed by atoms with E-state index >= 15 is 0 Å². The molecule has 1 aromatic heterocycles. The Kier molecular flexibility index (Phi) is 5.77. The lowest BCUT2D eigenvalue weighted by molar-refractivity contribution is 0.0342. The van der Waals surface area contributed by atoms with E-state index < -0.39 is 0 Å². The average Bonchev–Trinajstić information content (AvgIpc) is 2.42. The first-order valence-electron chi connectivity index (χ1n) is 6.48. The quantitative estimate of drug-likeness (QED) is 0.832. The first-order chi connectivity index (χ1) is 9.56. The van der Waals surface area contributed by atoms with Crippen LogP contribution in [0.4, 0.5) is 0 Å². The Morgan fingerprint density at radius 3 is 3.00 bits per heavy atom. The molecule has 1 amide bonds. The second-order valence-corrected chi connectivity index (χ2v) is 6.05. The monoisotopic (exact) mass is 361 g/mol. The van der Waals surface area contributed by atoms with E-state index in [0.717, 1.165) is 37.3 Å². The van der Waals surface area contributed by atoms with E-state index in [-0.39, 0.29) is 17.1 Å². The van der Waals surface area contributed by atoms with Crippen molar-refractivity contribution in [3.8, 4) is 0 Å². The Morgan fingerprint density at radius 1 is 1.60 bits per heavy atom. The lowest BCUT2D eigenvalue weighted by atomic mass is 10.2. The number of carbonyl (C=O) groups is 1. The van der Waals surface area contributed by atoms with Gasteiger partial charge in [0.1, 0.15) is 5.15 Å². The number of nitrogens with one attached hydrogen (secondary N) is 1. The molecule has 1 aliphatic rings. The van der Waals surface area contributed by atoms with Gasteiger partial charge in [0.25, 0.3) is 5.91 Å². The van der Waals surface area contributed by atoms with Crippen molar-refractivity contribution in [2.75, 3.05) is 32.8 Å². The number of hydrogen-bond acceptors (Lipinski definition) is 4. The zero-order valence-corrected chi connectivity index (χ0v) is 13.6. The standard InChI is InChI=1S/C13H17BrClN3O2/c1-9(8-18-2-4-20-5-3-18)17-13(19)11-6-10(14)7-16-12(11)15/h6-7,9H,2-5,8H2,1H3,(H,17,19). The zero-order chi connectivity index (χ0) is 14.5. The molecule has 5 nitrogen and oxygen atoms in total. The summed E-state index contributed by atoms with van der Waals surface area (Å²) in [5.41, 5.74) is 0.384. The normalized spacial score (nSPS) is 17.8. The summed E-state index contributed by atoms with van der Waals surface area (Å²) in [4.78, 5) is 18.4. The summed E-state index contributed by atoms with van der Waals surface area (Å²) in [6.45, 7) is 6.09. The van der Waals surface area contributed by atoms with Gasteiger partial charge in [-0.1, -0.05) is 11.6 Å². The summed E-state index contributed by atoms with van der Waals surface area (Å²) < 4.78 is 6.03. The molecule has 0 spiro atoms. The third kappa shape index (κ3) is 4.41. The molecule has 1 atom stereocenters. The summed E-state index contributed by atoms with van der Waals surface area (Å²) in [7, 11) is 0. The number of pyridine rings is 1. The molecule has 0 saturated carbocycles. The van der Waals surface area contributed by atoms with E-state index in [4.69, 9.17) is 16.3 Å². The van der Waals surface area contributed by atoms with Crippen molar-refractivity contribution in [1.29, 1.82) is 0 Å². The molecule has 110 valence electrons. The molecule has 0 aromatic carbocycles. The summed E-state index contributed by atoms with van der Waals surface area (Å²) in [6, 6.07) is 1.71. The second-order valence-electron chi connectivity index (χ2n) is 4.78. The number of ether oxygens (including phenoxy) is 1. The number of morpholine rings is 1. The number of rotatable bonds is 4. The van der Waals surface area contributed by atoms with Gasteiger partial charge in [0.05, 0.1) is 18.8 Å². The zero-order valence-electron chi connectivity index (χ0n) is 11.2. The number of aromatic nitrogens is 1. The van der Waals surface area contributed by atoms with Gasteiger partial charge < -0.3 is 10.1 Å². The average molecular weight is 363 g/mol. The fourth-order valence-electron chi connectivity index (χ4n) is 2.10. The van der Waals surface area contributed by atoms with Gasteiger partial charge in [0.2, 0.25) is 0 Å². The molecule has 1 saturated heterocycles. The first-order valence-corrected chi connectivity index (χ1v) is 7.65. The smallest absolute Gasteiger partial charge is 0.254 e. The van der Waals surface area contributed by atoms with Crippen LogP contribution < -0.4 is 5.32 Å². The molecular weight excluding hydrogens is 346 g/mol. The summed E-state index contributed by atoms with van der Waals surface area (Å²) in [5.74, 6) is -0.204. The third-order valence-electron chi connectivity index (χ3n) is 3.06. The van der Waals surface area contributed by atoms with Crippen LogP contribution in [-0.4, -0.2) is 54.7 Å². The maximum atomic E-state index is 12.2. The van der Waals surface area contributed by atoms with Crippen LogP contribution in [0, 0.1) is 0 Å². The largest absolute Gasteiger partial charge is 0.379 e. The van der Waals surface area contributed by atoms with Crippen LogP contribution in [0.15, 0.2) is 16.7 Å². The summed E-state index contributed by atoms with van der Waals surface area (Å²) in [5, 5.41) is 3.16. The molecule has 0 aliphatic carbocycles. The van der Waals surface area contributed by atoms with E-state index in [1.54, 1.807) is 12.3 Å². The highest BCUT2D eigenvalue weighted by molar-refractivity contribution is 9.10. The van der Waals surface area contributed by atoms with Gasteiger partial charge >= 0.3 is 0 Å². The van der Waals surface area contributed by atoms with E-state index in [9.17, 15) is 4.79 Å². The first kappa shape index (κ1) is 15.7. The van der Waals surface area contributed by atoms with Crippen LogP contribution in [-0.2, 0) is 4.74 Å². The predicted octanol–water partition coefficient (Wildman–Crippen LogP) is 1.95. The van der Waals surface area contributed by atoms with Crippen molar-refractivity contribution in [3.05, 3.63) is 27.5 Å². The Hall–Kier alpha value is -0.690. The molecule has 7 heteroatoms. The van der Waals surface area contributed by atoms with Crippen LogP contribution in [0.1, 0.15) is 17.3 Å². The third-order valence-corrected chi connectivity index (χ3v) is 3.80. The maximum Gasteiger partial charge on any atom is 0.254 e. The molecule has 1 aliphatic heterocycles. The fraction of sp³-hybridized carbons (Fsp3) is 0.538. The summed E-state index contributed by atoms with van der Waals surface area (Å²) >= 11 is 9.23. The highest BCUT2D eigenvalue weighted by Gasteiger charge is 2.18. The van der Waals surface area contributed by atoms with Gasteiger partial charge in [-0.3, -0.25) is 9.69 Å². The molecule has 2 heterocycles.